The molecule has 4 aliphatic heterocycles. The summed E-state index contributed by atoms with van der Waals surface area (Å²) < 4.78 is 56.9. The van der Waals surface area contributed by atoms with Gasteiger partial charge in [-0.1, -0.05) is 296 Å². The fraction of sp³-hybridized carbons (Fsp3) is 0. The molecule has 0 radical (unpaired) electrons. The Balaban J connectivity index is 0.909. The molecular weight excluding hydrogens is 1330 g/mol. The number of para-hydroxylation sites is 9. The molecule has 0 saturated heterocycles. The topological polar surface area (TPSA) is 16.2 Å². The minimum Gasteiger partial charge on any atom is -0.311 e. The van der Waals surface area contributed by atoms with Gasteiger partial charge in [-0.3, -0.25) is 0 Å². The second-order valence-corrected chi connectivity index (χ2v) is 28.4. The van der Waals surface area contributed by atoms with Crippen molar-refractivity contribution in [2.24, 2.45) is 0 Å². The zero-order valence-electron chi connectivity index (χ0n) is 57.7. The maximum atomic E-state index is 20.9. The fourth-order valence-corrected chi connectivity index (χ4v) is 18.2. The lowest BCUT2D eigenvalue weighted by Gasteiger charge is -2.46. The lowest BCUT2D eigenvalue weighted by molar-refractivity contribution is 0.580. The summed E-state index contributed by atoms with van der Waals surface area (Å²) in [6, 6.07) is 129. The van der Waals surface area contributed by atoms with Crippen LogP contribution in [0.5, 0.6) is 0 Å². The van der Waals surface area contributed by atoms with Crippen LogP contribution in [0.15, 0.2) is 386 Å². The van der Waals surface area contributed by atoms with Crippen LogP contribution in [0, 0.1) is 17.5 Å². The quantitative estimate of drug-likeness (QED) is 0.106. The standard InChI is InChI=1S/C96H62B2F3N5S/c99-81-54-31-55-82(100)95(81)106-86-59-71(102(67-40-17-5-18-41-67)68-42-19-6-20-43-68)58-85-89(86)97(77-52-25-27-56-83(77)104(85)70-46-23-8-24-47-70)79-62-80-96(91(101)94(79)106)107-88-61-72(103(69-44-21-7-22-45-69)92-73(63-32-9-1-10-33-63)48-29-49-74(92)64-34-11-2-12-35-64)60-87-90(88)98(80)78-53-26-28-57-84(78)105(87)93-75(65-36-13-3-14-37-65)50-30-51-76(93)66-38-15-4-16-39-66/h1-62H. The zero-order chi connectivity index (χ0) is 71.2. The van der Waals surface area contributed by atoms with Gasteiger partial charge in [-0.2, -0.15) is 0 Å². The number of anilines is 15. The summed E-state index contributed by atoms with van der Waals surface area (Å²) in [5.74, 6) is -2.26. The first-order chi connectivity index (χ1) is 52.9. The van der Waals surface area contributed by atoms with Crippen LogP contribution in [0.2, 0.25) is 0 Å². The van der Waals surface area contributed by atoms with Gasteiger partial charge in [0.2, 0.25) is 6.71 Å². The molecule has 0 amide bonds. The Kier molecular flexibility index (Phi) is 15.5. The molecule has 0 aliphatic carbocycles. The Morgan fingerprint density at radius 1 is 0.262 bits per heavy atom. The van der Waals surface area contributed by atoms with Crippen molar-refractivity contribution in [1.82, 2.24) is 0 Å². The molecule has 0 bridgehead atoms. The Morgan fingerprint density at radius 3 is 1.15 bits per heavy atom. The number of fused-ring (bicyclic) bond motifs is 8. The Bertz CT molecular complexity index is 5950. The number of benzene rings is 16. The fourth-order valence-electron chi connectivity index (χ4n) is 17.0. The van der Waals surface area contributed by atoms with Crippen LogP contribution in [0.4, 0.5) is 98.5 Å². The Hall–Kier alpha value is -13.2. The highest BCUT2D eigenvalue weighted by atomic mass is 32.2. The van der Waals surface area contributed by atoms with E-state index in [1.54, 1.807) is 4.90 Å². The molecule has 5 nitrogen and oxygen atoms in total. The molecule has 0 atom stereocenters. The van der Waals surface area contributed by atoms with Gasteiger partial charge in [0.15, 0.2) is 5.82 Å². The van der Waals surface area contributed by atoms with Gasteiger partial charge in [0.1, 0.15) is 17.3 Å². The maximum absolute atomic E-state index is 20.9. The third-order valence-corrected chi connectivity index (χ3v) is 22.6. The summed E-state index contributed by atoms with van der Waals surface area (Å²) in [4.78, 5) is 12.0. The molecule has 0 aromatic heterocycles. The summed E-state index contributed by atoms with van der Waals surface area (Å²) >= 11 is 1.39. The summed E-state index contributed by atoms with van der Waals surface area (Å²) in [5.41, 5.74) is 23.8. The molecule has 0 unspecified atom stereocenters. The smallest absolute Gasteiger partial charge is 0.252 e. The van der Waals surface area contributed by atoms with Crippen LogP contribution < -0.4 is 57.3 Å². The summed E-state index contributed by atoms with van der Waals surface area (Å²) in [5, 5.41) is 0. The van der Waals surface area contributed by atoms with Crippen LogP contribution in [-0.4, -0.2) is 13.4 Å². The third-order valence-electron chi connectivity index (χ3n) is 21.4. The number of hydrogen-bond donors (Lipinski definition) is 0. The summed E-state index contributed by atoms with van der Waals surface area (Å²) in [6.45, 7) is -1.25. The molecule has 0 spiro atoms. The van der Waals surface area contributed by atoms with E-state index < -0.39 is 30.9 Å². The van der Waals surface area contributed by atoms with E-state index in [4.69, 9.17) is 0 Å². The summed E-state index contributed by atoms with van der Waals surface area (Å²) in [6.07, 6.45) is 0. The average Bonchev–Trinajstić information content (AvgIpc) is 0.682. The van der Waals surface area contributed by atoms with E-state index >= 15 is 13.2 Å². The highest BCUT2D eigenvalue weighted by Gasteiger charge is 2.50. The van der Waals surface area contributed by atoms with Gasteiger partial charge in [-0.15, -0.1) is 0 Å². The second-order valence-electron chi connectivity index (χ2n) is 27.4. The first-order valence-electron chi connectivity index (χ1n) is 36.1. The van der Waals surface area contributed by atoms with Gasteiger partial charge in [0, 0.05) is 88.9 Å². The maximum Gasteiger partial charge on any atom is 0.252 e. The number of rotatable bonds is 13. The van der Waals surface area contributed by atoms with Crippen molar-refractivity contribution in [2.75, 3.05) is 24.5 Å². The van der Waals surface area contributed by atoms with Gasteiger partial charge in [-0.05, 0) is 147 Å². The van der Waals surface area contributed by atoms with E-state index in [2.05, 4.69) is 311 Å². The van der Waals surface area contributed by atoms with Crippen LogP contribution in [0.1, 0.15) is 0 Å². The van der Waals surface area contributed by atoms with Crippen molar-refractivity contribution in [3.8, 4) is 44.5 Å². The monoisotopic (exact) mass is 1400 g/mol. The van der Waals surface area contributed by atoms with Crippen molar-refractivity contribution < 1.29 is 13.2 Å². The molecule has 16 aromatic rings. The molecule has 16 aromatic carbocycles. The van der Waals surface area contributed by atoms with Crippen molar-refractivity contribution in [3.63, 3.8) is 0 Å². The predicted octanol–water partition coefficient (Wildman–Crippen LogP) is 22.6. The Labute approximate surface area is 624 Å². The van der Waals surface area contributed by atoms with Crippen LogP contribution in [-0.2, 0) is 0 Å². The third kappa shape index (κ3) is 10.4. The minimum atomic E-state index is -0.837. The van der Waals surface area contributed by atoms with Gasteiger partial charge >= 0.3 is 0 Å². The largest absolute Gasteiger partial charge is 0.311 e. The SMILES string of the molecule is Fc1cccc(F)c1N1c2cc(N(c3ccccc3)c3ccccc3)cc3c2B(c2ccccc2N3c2ccccc2)c2cc3c(c(F)c21)Sc1cc(N(c2ccccc2)c2c(-c4ccccc4)cccc2-c2ccccc2)cc2c1B3c1ccccc1N2c1c(-c2ccccc2)cccc1-c1ccccc1. The van der Waals surface area contributed by atoms with E-state index in [1.807, 2.05) is 66.7 Å². The van der Waals surface area contributed by atoms with Crippen LogP contribution in [0.3, 0.4) is 0 Å². The second kappa shape index (κ2) is 26.2. The molecule has 0 saturated carbocycles. The van der Waals surface area contributed by atoms with E-state index in [0.717, 1.165) is 139 Å². The molecule has 107 heavy (non-hydrogen) atoms. The zero-order valence-corrected chi connectivity index (χ0v) is 58.5. The van der Waals surface area contributed by atoms with E-state index in [1.165, 1.54) is 30.0 Å². The normalized spacial score (nSPS) is 12.7. The molecule has 11 heteroatoms. The van der Waals surface area contributed by atoms with Crippen LogP contribution >= 0.6 is 11.8 Å². The van der Waals surface area contributed by atoms with Gasteiger partial charge < -0.3 is 24.5 Å². The number of halogens is 3. The van der Waals surface area contributed by atoms with Crippen molar-refractivity contribution in [2.45, 2.75) is 9.79 Å². The van der Waals surface area contributed by atoms with Crippen molar-refractivity contribution >= 4 is 143 Å². The Morgan fingerprint density at radius 2 is 0.645 bits per heavy atom. The van der Waals surface area contributed by atoms with E-state index in [-0.39, 0.29) is 11.4 Å². The first kappa shape index (κ1) is 63.5. The molecular formula is C96H62B2F3N5S. The highest BCUT2D eigenvalue weighted by Crippen LogP contribution is 2.56. The van der Waals surface area contributed by atoms with Gasteiger partial charge in [-0.25, -0.2) is 13.2 Å². The predicted molar refractivity (Wildman–Crippen MR) is 441 cm³/mol. The summed E-state index contributed by atoms with van der Waals surface area (Å²) in [7, 11) is 0. The molecule has 4 aliphatic rings. The van der Waals surface area contributed by atoms with Gasteiger partial charge in [0.05, 0.1) is 22.7 Å². The van der Waals surface area contributed by atoms with E-state index in [0.29, 0.717) is 21.7 Å². The van der Waals surface area contributed by atoms with Crippen molar-refractivity contribution in [3.05, 3.63) is 394 Å². The van der Waals surface area contributed by atoms with Gasteiger partial charge in [0.25, 0.3) is 6.71 Å². The molecule has 0 N–H and O–H groups in total. The number of hydrogen-bond acceptors (Lipinski definition) is 6. The van der Waals surface area contributed by atoms with Crippen LogP contribution in [0.25, 0.3) is 44.5 Å². The van der Waals surface area contributed by atoms with E-state index in [9.17, 15) is 0 Å². The number of nitrogens with zero attached hydrogens (tertiary/aromatic N) is 5. The van der Waals surface area contributed by atoms with Crippen molar-refractivity contribution in [1.29, 1.82) is 0 Å². The average molecular weight is 1400 g/mol. The lowest BCUT2D eigenvalue weighted by atomic mass is 9.31. The molecule has 20 rings (SSSR count). The first-order valence-corrected chi connectivity index (χ1v) is 36.9. The molecule has 0 fully saturated rings. The highest BCUT2D eigenvalue weighted by molar-refractivity contribution is 8.00. The molecule has 504 valence electrons. The minimum absolute atomic E-state index is 0.0693. The molecule has 4 heterocycles. The lowest BCUT2D eigenvalue weighted by Crippen LogP contribution is -2.65.